The van der Waals surface area contributed by atoms with Crippen molar-refractivity contribution in [2.24, 2.45) is 5.16 Å². The van der Waals surface area contributed by atoms with E-state index in [-0.39, 0.29) is 23.9 Å². The molecule has 33 heavy (non-hydrogen) atoms. The molecule has 0 radical (unpaired) electrons. The lowest BCUT2D eigenvalue weighted by atomic mass is 10.1. The van der Waals surface area contributed by atoms with Crippen LogP contribution in [0.1, 0.15) is 36.7 Å². The average Bonchev–Trinajstić information content (AvgIpc) is 2.70. The highest BCUT2D eigenvalue weighted by Crippen LogP contribution is 2.36. The summed E-state index contributed by atoms with van der Waals surface area (Å²) in [6.45, 7) is 10.8. The molecular weight excluding hydrogens is 568 g/mol. The third kappa shape index (κ3) is 6.93. The van der Waals surface area contributed by atoms with Gasteiger partial charge in [-0.2, -0.15) is 0 Å². The second-order valence-electron chi connectivity index (χ2n) is 8.75. The molecule has 180 valence electrons. The van der Waals surface area contributed by atoms with Gasteiger partial charge in [-0.05, 0) is 65.0 Å². The van der Waals surface area contributed by atoms with Crippen LogP contribution in [0.5, 0.6) is 0 Å². The van der Waals surface area contributed by atoms with Gasteiger partial charge in [-0.15, -0.1) is 0 Å². The molecule has 6 nitrogen and oxygen atoms in total. The zero-order chi connectivity index (χ0) is 25.0. The highest BCUT2D eigenvalue weighted by atomic mass is 127. The van der Waals surface area contributed by atoms with Crippen LogP contribution in [0.3, 0.4) is 0 Å². The van der Waals surface area contributed by atoms with E-state index in [1.54, 1.807) is 0 Å². The van der Waals surface area contributed by atoms with Gasteiger partial charge in [-0.1, -0.05) is 25.9 Å². The highest BCUT2D eigenvalue weighted by Gasteiger charge is 2.36. The second kappa shape index (κ2) is 10.9. The molecule has 0 atom stereocenters. The van der Waals surface area contributed by atoms with E-state index in [1.807, 2.05) is 22.6 Å². The maximum atomic E-state index is 14.7. The summed E-state index contributed by atoms with van der Waals surface area (Å²) in [6.07, 6.45) is 0.881. The minimum atomic E-state index is -1.95. The number of rotatable bonds is 9. The first kappa shape index (κ1) is 27.1. The van der Waals surface area contributed by atoms with Crippen LogP contribution in [0.15, 0.2) is 29.4 Å². The maximum absolute atomic E-state index is 14.7. The van der Waals surface area contributed by atoms with Crippen molar-refractivity contribution in [1.29, 1.82) is 0 Å². The van der Waals surface area contributed by atoms with E-state index in [0.29, 0.717) is 3.57 Å². The summed E-state index contributed by atoms with van der Waals surface area (Å²) in [6, 6.07) is 4.90. The Hall–Kier alpha value is -2.12. The summed E-state index contributed by atoms with van der Waals surface area (Å²) in [5, 5.41) is 15.4. The monoisotopic (exact) mass is 594 g/mol. The van der Waals surface area contributed by atoms with Crippen LogP contribution in [0.25, 0.3) is 0 Å². The van der Waals surface area contributed by atoms with E-state index < -0.39 is 48.6 Å². The number of carbonyl (C=O) groups is 1. The fourth-order valence-corrected chi connectivity index (χ4v) is 3.93. The van der Waals surface area contributed by atoms with E-state index >= 15 is 0 Å². The molecule has 0 heterocycles. The quantitative estimate of drug-likeness (QED) is 0.114. The summed E-state index contributed by atoms with van der Waals surface area (Å²) in [5.74, 6) is -5.09. The predicted octanol–water partition coefficient (Wildman–Crippen LogP) is 6.52. The van der Waals surface area contributed by atoms with E-state index in [1.165, 1.54) is 18.2 Å². The number of carboxylic acid groups (broad SMARTS) is 1. The zero-order valence-electron chi connectivity index (χ0n) is 18.9. The number of nitrogens with one attached hydrogen (secondary N) is 1. The number of carboxylic acids is 1. The number of halogens is 4. The van der Waals surface area contributed by atoms with E-state index in [0.717, 1.165) is 12.3 Å². The van der Waals surface area contributed by atoms with Crippen LogP contribution in [0.4, 0.5) is 24.5 Å². The van der Waals surface area contributed by atoms with Crippen LogP contribution in [0.2, 0.25) is 18.1 Å². The van der Waals surface area contributed by atoms with Crippen molar-refractivity contribution in [3.8, 4) is 0 Å². The summed E-state index contributed by atoms with van der Waals surface area (Å²) in [5.41, 5.74) is -1.90. The van der Waals surface area contributed by atoms with Gasteiger partial charge in [0.2, 0.25) is 0 Å². The van der Waals surface area contributed by atoms with Crippen LogP contribution >= 0.6 is 22.6 Å². The first-order chi connectivity index (χ1) is 15.2. The van der Waals surface area contributed by atoms with Gasteiger partial charge in [0.05, 0.1) is 29.8 Å². The summed E-state index contributed by atoms with van der Waals surface area (Å²) in [4.78, 5) is 16.7. The number of benzene rings is 2. The molecule has 0 spiro atoms. The van der Waals surface area contributed by atoms with Crippen molar-refractivity contribution in [3.05, 3.63) is 56.4 Å². The van der Waals surface area contributed by atoms with Crippen LogP contribution in [-0.4, -0.2) is 38.8 Å². The third-order valence-corrected chi connectivity index (χ3v) is 10.6. The molecule has 0 aliphatic rings. The molecule has 0 saturated carbocycles. The van der Waals surface area contributed by atoms with Crippen molar-refractivity contribution in [1.82, 2.24) is 0 Å². The molecule has 0 amide bonds. The molecule has 0 aromatic heterocycles. The molecule has 0 saturated heterocycles. The van der Waals surface area contributed by atoms with Crippen molar-refractivity contribution >= 4 is 54.5 Å². The van der Waals surface area contributed by atoms with Crippen molar-refractivity contribution in [2.45, 2.75) is 38.9 Å². The first-order valence-corrected chi connectivity index (χ1v) is 14.0. The van der Waals surface area contributed by atoms with Crippen molar-refractivity contribution in [3.63, 3.8) is 0 Å². The van der Waals surface area contributed by atoms with Gasteiger partial charge < -0.3 is 19.7 Å². The Morgan fingerprint density at radius 2 is 1.85 bits per heavy atom. The van der Waals surface area contributed by atoms with Gasteiger partial charge in [0, 0.05) is 9.13 Å². The zero-order valence-corrected chi connectivity index (χ0v) is 22.1. The minimum Gasteiger partial charge on any atom is -0.478 e. The fraction of sp³-hybridized carbons (Fsp3) is 0.364. The predicted molar refractivity (Wildman–Crippen MR) is 132 cm³/mol. The van der Waals surface area contributed by atoms with Crippen molar-refractivity contribution < 1.29 is 32.3 Å². The fourth-order valence-electron chi connectivity index (χ4n) is 2.45. The first-order valence-electron chi connectivity index (χ1n) is 10.0. The van der Waals surface area contributed by atoms with Gasteiger partial charge >= 0.3 is 5.97 Å². The van der Waals surface area contributed by atoms with Crippen LogP contribution < -0.4 is 5.32 Å². The Morgan fingerprint density at radius 3 is 2.42 bits per heavy atom. The molecule has 0 aliphatic carbocycles. The van der Waals surface area contributed by atoms with Crippen LogP contribution in [0, 0.1) is 21.0 Å². The van der Waals surface area contributed by atoms with E-state index in [2.05, 4.69) is 44.3 Å². The van der Waals surface area contributed by atoms with Crippen LogP contribution in [-0.2, 0) is 9.26 Å². The molecule has 2 N–H and O–H groups in total. The lowest BCUT2D eigenvalue weighted by Gasteiger charge is -2.35. The average molecular weight is 594 g/mol. The number of aromatic carboxylic acids is 1. The van der Waals surface area contributed by atoms with Gasteiger partial charge in [0.1, 0.15) is 12.4 Å². The standard InChI is InChI=1S/C22H26F3IN2O4Si/c1-22(2,3)33(4,5)32-9-8-31-27-12-13-10-15(21(29)30)20(19(25)18(13)24)28-17-7-6-14(26)11-16(17)23/h6-7,10-12,28H,8-9H2,1-5H3,(H,29,30). The van der Waals surface area contributed by atoms with Gasteiger partial charge in [0.15, 0.2) is 20.0 Å². The molecule has 2 rings (SSSR count). The van der Waals surface area contributed by atoms with E-state index in [9.17, 15) is 23.1 Å². The Bertz CT molecular complexity index is 1060. The SMILES string of the molecule is CC(C)(C)[Si](C)(C)OCCON=Cc1cc(C(=O)O)c(Nc2ccc(I)cc2F)c(F)c1F. The largest absolute Gasteiger partial charge is 0.478 e. The van der Waals surface area contributed by atoms with E-state index in [4.69, 9.17) is 9.26 Å². The number of hydrogen-bond acceptors (Lipinski definition) is 5. The molecular formula is C22H26F3IN2O4Si. The topological polar surface area (TPSA) is 80.2 Å². The normalized spacial score (nSPS) is 12.3. The Morgan fingerprint density at radius 1 is 1.18 bits per heavy atom. The highest BCUT2D eigenvalue weighted by molar-refractivity contribution is 14.1. The molecule has 2 aromatic rings. The summed E-state index contributed by atoms with van der Waals surface area (Å²) >= 11 is 1.89. The summed E-state index contributed by atoms with van der Waals surface area (Å²) < 4.78 is 49.9. The molecule has 0 bridgehead atoms. The molecule has 11 heteroatoms. The maximum Gasteiger partial charge on any atom is 0.337 e. The molecule has 2 aromatic carbocycles. The minimum absolute atomic E-state index is 0.0288. The molecule has 0 unspecified atom stereocenters. The molecule has 0 aliphatic heterocycles. The number of oxime groups is 1. The Labute approximate surface area is 205 Å². The van der Waals surface area contributed by atoms with Gasteiger partial charge in [0.25, 0.3) is 0 Å². The second-order valence-corrected chi connectivity index (χ2v) is 14.8. The Kier molecular flexibility index (Phi) is 8.93. The van der Waals surface area contributed by atoms with Gasteiger partial charge in [-0.3, -0.25) is 0 Å². The van der Waals surface area contributed by atoms with Crippen molar-refractivity contribution in [2.75, 3.05) is 18.5 Å². The number of hydrogen-bond donors (Lipinski definition) is 2. The summed E-state index contributed by atoms with van der Waals surface area (Å²) in [7, 11) is -1.95. The molecule has 0 fully saturated rings. The lowest BCUT2D eigenvalue weighted by molar-refractivity contribution is 0.0697. The third-order valence-electron chi connectivity index (χ3n) is 5.37. The smallest absolute Gasteiger partial charge is 0.337 e. The number of anilines is 2. The lowest BCUT2D eigenvalue weighted by Crippen LogP contribution is -2.41. The number of nitrogens with zero attached hydrogens (tertiary/aromatic N) is 1. The Balaban J connectivity index is 2.17. The van der Waals surface area contributed by atoms with Gasteiger partial charge in [-0.25, -0.2) is 18.0 Å².